The molecule has 5 nitrogen and oxygen atoms in total. The van der Waals surface area contributed by atoms with E-state index in [-0.39, 0.29) is 5.75 Å². The third-order valence-corrected chi connectivity index (χ3v) is 3.76. The van der Waals surface area contributed by atoms with E-state index in [1.165, 1.54) is 24.1 Å². The number of anilines is 2. The summed E-state index contributed by atoms with van der Waals surface area (Å²) in [6.45, 7) is 1.93. The molecule has 0 aliphatic heterocycles. The molecule has 0 aromatic heterocycles. The average Bonchev–Trinajstić information content (AvgIpc) is 2.49. The lowest BCUT2D eigenvalue weighted by Crippen LogP contribution is -2.37. The molecule has 0 atom stereocenters. The minimum Gasteiger partial charge on any atom is -0.508 e. The number of nitrogens with zero attached hydrogens (tertiary/aromatic N) is 1. The Hall–Kier alpha value is -2.34. The van der Waals surface area contributed by atoms with Gasteiger partial charge in [0.05, 0.1) is 5.69 Å². The number of likely N-dealkylation sites (N-methyl/N-ethyl adjacent to an activating group) is 1. The molecule has 2 N–H and O–H groups in total. The number of nitrogens with one attached hydrogen (secondary N) is 1. The second-order valence-corrected chi connectivity index (χ2v) is 5.67. The van der Waals surface area contributed by atoms with Gasteiger partial charge < -0.3 is 15.3 Å². The zero-order chi connectivity index (χ0) is 16.3. The van der Waals surface area contributed by atoms with Crippen LogP contribution in [0.1, 0.15) is 5.56 Å². The molecule has 0 saturated heterocycles. The molecule has 0 heterocycles. The first-order valence-electron chi connectivity index (χ1n) is 6.52. The molecule has 0 aliphatic carbocycles. The molecule has 2 amide bonds. The summed E-state index contributed by atoms with van der Waals surface area (Å²) in [5.41, 5.74) is 2.08. The maximum atomic E-state index is 12.1. The van der Waals surface area contributed by atoms with E-state index >= 15 is 0 Å². The van der Waals surface area contributed by atoms with Crippen LogP contribution in [-0.4, -0.2) is 24.0 Å². The second-order valence-electron chi connectivity index (χ2n) is 4.82. The summed E-state index contributed by atoms with van der Waals surface area (Å²) in [4.78, 5) is 25.4. The van der Waals surface area contributed by atoms with Crippen molar-refractivity contribution >= 4 is 39.1 Å². The quantitative estimate of drug-likeness (QED) is 0.806. The summed E-state index contributed by atoms with van der Waals surface area (Å²) in [7, 11) is 1.50. The standard InChI is InChI=1S/C16H15BrN2O3/c1-10-3-8-14(13(17)9-10)18-15(21)16(22)19(2)11-4-6-12(20)7-5-11/h3-9,20H,1-2H3,(H,18,21). The van der Waals surface area contributed by atoms with Gasteiger partial charge in [0.1, 0.15) is 5.75 Å². The van der Waals surface area contributed by atoms with Gasteiger partial charge in [-0.3, -0.25) is 9.59 Å². The summed E-state index contributed by atoms with van der Waals surface area (Å²) < 4.78 is 0.709. The van der Waals surface area contributed by atoms with Gasteiger partial charge >= 0.3 is 11.8 Å². The molecule has 0 bridgehead atoms. The Bertz CT molecular complexity index is 714. The number of benzene rings is 2. The van der Waals surface area contributed by atoms with Crippen LogP contribution in [0, 0.1) is 6.92 Å². The minimum atomic E-state index is -0.736. The van der Waals surface area contributed by atoms with Crippen molar-refractivity contribution in [3.63, 3.8) is 0 Å². The summed E-state index contributed by atoms with van der Waals surface area (Å²) in [6, 6.07) is 11.4. The molecule has 22 heavy (non-hydrogen) atoms. The van der Waals surface area contributed by atoms with Crippen LogP contribution in [0.25, 0.3) is 0 Å². The van der Waals surface area contributed by atoms with Gasteiger partial charge in [-0.05, 0) is 64.8 Å². The number of aryl methyl sites for hydroxylation is 1. The van der Waals surface area contributed by atoms with Gasteiger partial charge in [0.25, 0.3) is 0 Å². The molecule has 0 radical (unpaired) electrons. The summed E-state index contributed by atoms with van der Waals surface area (Å²) in [5.74, 6) is -1.34. The van der Waals surface area contributed by atoms with E-state index in [9.17, 15) is 14.7 Å². The molecule has 6 heteroatoms. The fourth-order valence-electron chi connectivity index (χ4n) is 1.84. The van der Waals surface area contributed by atoms with Crippen LogP contribution in [0.4, 0.5) is 11.4 Å². The highest BCUT2D eigenvalue weighted by atomic mass is 79.9. The zero-order valence-corrected chi connectivity index (χ0v) is 13.7. The van der Waals surface area contributed by atoms with E-state index in [2.05, 4.69) is 21.2 Å². The second kappa shape index (κ2) is 6.62. The highest BCUT2D eigenvalue weighted by Gasteiger charge is 2.20. The van der Waals surface area contributed by atoms with Gasteiger partial charge in [0, 0.05) is 17.2 Å². The van der Waals surface area contributed by atoms with Crippen molar-refractivity contribution in [2.45, 2.75) is 6.92 Å². The number of hydrogen-bond donors (Lipinski definition) is 2. The first-order chi connectivity index (χ1) is 10.4. The number of phenols is 1. The molecule has 0 spiro atoms. The monoisotopic (exact) mass is 362 g/mol. The number of hydrogen-bond acceptors (Lipinski definition) is 3. The lowest BCUT2D eigenvalue weighted by Gasteiger charge is -2.17. The van der Waals surface area contributed by atoms with Gasteiger partial charge in [0.15, 0.2) is 0 Å². The number of halogens is 1. The van der Waals surface area contributed by atoms with Crippen LogP contribution in [0.3, 0.4) is 0 Å². The molecule has 2 aromatic rings. The first-order valence-corrected chi connectivity index (χ1v) is 7.32. The van der Waals surface area contributed by atoms with Crippen molar-refractivity contribution in [3.8, 4) is 5.75 Å². The SMILES string of the molecule is Cc1ccc(NC(=O)C(=O)N(C)c2ccc(O)cc2)c(Br)c1. The molecule has 2 rings (SSSR count). The van der Waals surface area contributed by atoms with Gasteiger partial charge in [-0.25, -0.2) is 0 Å². The van der Waals surface area contributed by atoms with E-state index in [0.29, 0.717) is 15.8 Å². The predicted octanol–water partition coefficient (Wildman–Crippen LogP) is 3.06. The average molecular weight is 363 g/mol. The van der Waals surface area contributed by atoms with E-state index in [4.69, 9.17) is 0 Å². The Labute approximate surface area is 136 Å². The number of phenolic OH excluding ortho intramolecular Hbond substituents is 1. The molecule has 2 aromatic carbocycles. The summed E-state index contributed by atoms with van der Waals surface area (Å²) in [6.07, 6.45) is 0. The summed E-state index contributed by atoms with van der Waals surface area (Å²) in [5, 5.41) is 11.8. The van der Waals surface area contributed by atoms with Crippen molar-refractivity contribution in [2.24, 2.45) is 0 Å². The maximum absolute atomic E-state index is 12.1. The van der Waals surface area contributed by atoms with Crippen LogP contribution >= 0.6 is 15.9 Å². The fourth-order valence-corrected chi connectivity index (χ4v) is 2.44. The third kappa shape index (κ3) is 3.65. The van der Waals surface area contributed by atoms with E-state index < -0.39 is 11.8 Å². The minimum absolute atomic E-state index is 0.0950. The Morgan fingerprint density at radius 3 is 2.36 bits per heavy atom. The number of rotatable bonds is 2. The van der Waals surface area contributed by atoms with Crippen molar-refractivity contribution in [3.05, 3.63) is 52.5 Å². The van der Waals surface area contributed by atoms with Crippen LogP contribution in [-0.2, 0) is 9.59 Å². The largest absolute Gasteiger partial charge is 0.508 e. The molecular formula is C16H15BrN2O3. The fraction of sp³-hybridized carbons (Fsp3) is 0.125. The van der Waals surface area contributed by atoms with E-state index in [0.717, 1.165) is 5.56 Å². The number of carbonyl (C=O) groups is 2. The van der Waals surface area contributed by atoms with Crippen molar-refractivity contribution < 1.29 is 14.7 Å². The number of amides is 2. The molecule has 0 saturated carbocycles. The van der Waals surface area contributed by atoms with Crippen LogP contribution in [0.2, 0.25) is 0 Å². The van der Waals surface area contributed by atoms with Crippen LogP contribution in [0.15, 0.2) is 46.9 Å². The zero-order valence-electron chi connectivity index (χ0n) is 12.1. The Balaban J connectivity index is 2.11. The normalized spacial score (nSPS) is 10.1. The first kappa shape index (κ1) is 16.0. The van der Waals surface area contributed by atoms with Crippen molar-refractivity contribution in [1.29, 1.82) is 0 Å². The van der Waals surface area contributed by atoms with Crippen LogP contribution in [0.5, 0.6) is 5.75 Å². The molecule has 114 valence electrons. The lowest BCUT2D eigenvalue weighted by molar-refractivity contribution is -0.134. The van der Waals surface area contributed by atoms with Gasteiger partial charge in [-0.1, -0.05) is 6.07 Å². The Morgan fingerprint density at radius 2 is 1.77 bits per heavy atom. The molecule has 0 aliphatic rings. The molecule has 0 fully saturated rings. The number of carbonyl (C=O) groups excluding carboxylic acids is 2. The smallest absolute Gasteiger partial charge is 0.316 e. The third-order valence-electron chi connectivity index (χ3n) is 3.11. The van der Waals surface area contributed by atoms with E-state index in [1.54, 1.807) is 18.2 Å². The maximum Gasteiger partial charge on any atom is 0.316 e. The Kier molecular flexibility index (Phi) is 4.82. The molecule has 0 unspecified atom stereocenters. The number of aromatic hydroxyl groups is 1. The summed E-state index contributed by atoms with van der Waals surface area (Å²) >= 11 is 3.35. The topological polar surface area (TPSA) is 69.6 Å². The van der Waals surface area contributed by atoms with E-state index in [1.807, 2.05) is 19.1 Å². The lowest BCUT2D eigenvalue weighted by atomic mass is 10.2. The van der Waals surface area contributed by atoms with Crippen LogP contribution < -0.4 is 10.2 Å². The van der Waals surface area contributed by atoms with Crippen molar-refractivity contribution in [2.75, 3.05) is 17.3 Å². The van der Waals surface area contributed by atoms with Gasteiger partial charge in [-0.2, -0.15) is 0 Å². The predicted molar refractivity (Wildman–Crippen MR) is 89.0 cm³/mol. The highest BCUT2D eigenvalue weighted by Crippen LogP contribution is 2.23. The molecular weight excluding hydrogens is 348 g/mol. The Morgan fingerprint density at radius 1 is 1.14 bits per heavy atom. The van der Waals surface area contributed by atoms with Gasteiger partial charge in [0.2, 0.25) is 0 Å². The highest BCUT2D eigenvalue weighted by molar-refractivity contribution is 9.10. The van der Waals surface area contributed by atoms with Crippen molar-refractivity contribution in [1.82, 2.24) is 0 Å². The van der Waals surface area contributed by atoms with Gasteiger partial charge in [-0.15, -0.1) is 0 Å².